The summed E-state index contributed by atoms with van der Waals surface area (Å²) in [5, 5.41) is 3.25. The fourth-order valence-electron chi connectivity index (χ4n) is 3.37. The molecule has 1 aromatic heterocycles. The topological polar surface area (TPSA) is 61.4 Å². The van der Waals surface area contributed by atoms with Crippen LogP contribution in [0.5, 0.6) is 0 Å². The molecule has 6 nitrogen and oxygen atoms in total. The van der Waals surface area contributed by atoms with Crippen LogP contribution in [0.15, 0.2) is 36.7 Å². The fraction of sp³-hybridized carbons (Fsp3) is 0.500. The molecule has 6 heteroatoms. The van der Waals surface area contributed by atoms with Crippen molar-refractivity contribution in [3.05, 3.63) is 42.4 Å². The van der Waals surface area contributed by atoms with Crippen molar-refractivity contribution in [2.24, 2.45) is 5.92 Å². The molecule has 1 aliphatic rings. The molecule has 2 aromatic rings. The van der Waals surface area contributed by atoms with E-state index in [1.807, 2.05) is 0 Å². The zero-order valence-corrected chi connectivity index (χ0v) is 17.2. The normalized spacial score (nSPS) is 14.8. The molecule has 28 heavy (non-hydrogen) atoms. The highest BCUT2D eigenvalue weighted by Gasteiger charge is 2.16. The maximum atomic E-state index is 12.3. The molecule has 1 amide bonds. The molecule has 1 aliphatic heterocycles. The van der Waals surface area contributed by atoms with Gasteiger partial charge in [0.15, 0.2) is 0 Å². The van der Waals surface area contributed by atoms with E-state index in [0.717, 1.165) is 44.1 Å². The van der Waals surface area contributed by atoms with Crippen LogP contribution in [0.2, 0.25) is 0 Å². The molecule has 3 rings (SSSR count). The monoisotopic (exact) mass is 381 g/mol. The predicted molar refractivity (Wildman–Crippen MR) is 114 cm³/mol. The van der Waals surface area contributed by atoms with E-state index in [9.17, 15) is 4.79 Å². The van der Waals surface area contributed by atoms with Crippen molar-refractivity contribution in [2.45, 2.75) is 39.5 Å². The summed E-state index contributed by atoms with van der Waals surface area (Å²) in [5.41, 5.74) is 2.60. The zero-order chi connectivity index (χ0) is 19.9. The lowest BCUT2D eigenvalue weighted by Crippen LogP contribution is -2.32. The van der Waals surface area contributed by atoms with Gasteiger partial charge in [0, 0.05) is 38.1 Å². The minimum absolute atomic E-state index is 0.0901. The lowest BCUT2D eigenvalue weighted by Gasteiger charge is -2.32. The van der Waals surface area contributed by atoms with Gasteiger partial charge in [-0.1, -0.05) is 20.3 Å². The van der Waals surface area contributed by atoms with Crippen molar-refractivity contribution in [3.63, 3.8) is 0 Å². The number of hydrogen-bond donors (Lipinski definition) is 1. The van der Waals surface area contributed by atoms with Crippen LogP contribution in [0.25, 0.3) is 0 Å². The molecule has 0 spiro atoms. The minimum atomic E-state index is -0.0901. The highest BCUT2D eigenvalue weighted by Crippen LogP contribution is 2.25. The van der Waals surface area contributed by atoms with Crippen molar-refractivity contribution in [1.29, 1.82) is 0 Å². The van der Waals surface area contributed by atoms with Crippen LogP contribution >= 0.6 is 0 Å². The first kappa shape index (κ1) is 20.1. The molecule has 2 heterocycles. The summed E-state index contributed by atoms with van der Waals surface area (Å²) in [7, 11) is 1.80. The molecule has 0 aliphatic carbocycles. The molecule has 0 saturated carbocycles. The molecule has 1 fully saturated rings. The second kappa shape index (κ2) is 9.53. The molecule has 1 N–H and O–H groups in total. The van der Waals surface area contributed by atoms with Gasteiger partial charge < -0.3 is 15.1 Å². The van der Waals surface area contributed by atoms with Crippen LogP contribution < -0.4 is 10.2 Å². The van der Waals surface area contributed by atoms with Gasteiger partial charge in [-0.3, -0.25) is 4.79 Å². The number of anilines is 3. The third kappa shape index (κ3) is 5.21. The molecule has 1 saturated heterocycles. The van der Waals surface area contributed by atoms with Crippen molar-refractivity contribution in [3.8, 4) is 0 Å². The lowest BCUT2D eigenvalue weighted by molar-refractivity contribution is 0.0787. The molecule has 0 unspecified atom stereocenters. The Labute approximate surface area is 168 Å². The quantitative estimate of drug-likeness (QED) is 0.773. The first-order valence-corrected chi connectivity index (χ1v) is 10.3. The van der Waals surface area contributed by atoms with Crippen molar-refractivity contribution >= 4 is 23.1 Å². The van der Waals surface area contributed by atoms with E-state index in [1.54, 1.807) is 18.1 Å². The number of piperidine rings is 1. The second-order valence-corrected chi connectivity index (χ2v) is 7.71. The number of rotatable bonds is 7. The maximum Gasteiger partial charge on any atom is 0.273 e. The molecule has 150 valence electrons. The Balaban J connectivity index is 1.57. The molecule has 0 bridgehead atoms. The average molecular weight is 382 g/mol. The van der Waals surface area contributed by atoms with Gasteiger partial charge in [-0.2, -0.15) is 0 Å². The summed E-state index contributed by atoms with van der Waals surface area (Å²) in [6.07, 6.45) is 7.71. The minimum Gasteiger partial charge on any atom is -0.372 e. The Morgan fingerprint density at radius 3 is 2.50 bits per heavy atom. The Kier molecular flexibility index (Phi) is 6.85. The maximum absolute atomic E-state index is 12.3. The van der Waals surface area contributed by atoms with Crippen LogP contribution in [0.1, 0.15) is 50.0 Å². The molecule has 0 radical (unpaired) electrons. The lowest BCUT2D eigenvalue weighted by atomic mass is 9.99. The summed E-state index contributed by atoms with van der Waals surface area (Å²) < 4.78 is 0. The van der Waals surface area contributed by atoms with Gasteiger partial charge in [0.25, 0.3) is 5.91 Å². The van der Waals surface area contributed by atoms with E-state index in [4.69, 9.17) is 0 Å². The van der Waals surface area contributed by atoms with Gasteiger partial charge >= 0.3 is 0 Å². The Morgan fingerprint density at radius 1 is 1.18 bits per heavy atom. The van der Waals surface area contributed by atoms with Crippen LogP contribution in [0.4, 0.5) is 17.2 Å². The highest BCUT2D eigenvalue weighted by molar-refractivity contribution is 5.91. The third-order valence-corrected chi connectivity index (χ3v) is 5.35. The Morgan fingerprint density at radius 2 is 1.89 bits per heavy atom. The summed E-state index contributed by atoms with van der Waals surface area (Å²) >= 11 is 0. The van der Waals surface area contributed by atoms with Gasteiger partial charge in [-0.05, 0) is 49.4 Å². The number of hydrogen-bond acceptors (Lipinski definition) is 5. The number of amides is 1. The van der Waals surface area contributed by atoms with E-state index in [2.05, 4.69) is 58.3 Å². The largest absolute Gasteiger partial charge is 0.372 e. The van der Waals surface area contributed by atoms with Gasteiger partial charge in [0.05, 0.1) is 12.4 Å². The number of carbonyl (C=O) groups is 1. The van der Waals surface area contributed by atoms with E-state index in [0.29, 0.717) is 11.5 Å². The van der Waals surface area contributed by atoms with Crippen LogP contribution in [0.3, 0.4) is 0 Å². The van der Waals surface area contributed by atoms with Gasteiger partial charge in [0.2, 0.25) is 0 Å². The van der Waals surface area contributed by atoms with Crippen molar-refractivity contribution in [1.82, 2.24) is 14.9 Å². The van der Waals surface area contributed by atoms with Gasteiger partial charge in [-0.25, -0.2) is 9.97 Å². The predicted octanol–water partition coefficient (Wildman–Crippen LogP) is 4.33. The summed E-state index contributed by atoms with van der Waals surface area (Å²) in [6.45, 7) is 7.42. The van der Waals surface area contributed by atoms with Crippen LogP contribution in [0, 0.1) is 5.92 Å². The Hall–Kier alpha value is -2.63. The number of nitrogens with one attached hydrogen (secondary N) is 1. The van der Waals surface area contributed by atoms with Crippen LogP contribution in [-0.2, 0) is 0 Å². The molecule has 0 atom stereocenters. The van der Waals surface area contributed by atoms with E-state index in [-0.39, 0.29) is 5.91 Å². The number of carbonyl (C=O) groups excluding carboxylic acids is 1. The molecule has 1 aromatic carbocycles. The third-order valence-electron chi connectivity index (χ3n) is 5.35. The van der Waals surface area contributed by atoms with E-state index >= 15 is 0 Å². The standard InChI is InChI=1S/C22H31N5O/c1-4-5-12-26(3)22(28)20-15-24-21(16-23-20)25-18-6-8-19(9-7-18)27-13-10-17(2)11-14-27/h6-9,15-17H,4-5,10-14H2,1-3H3,(H,24,25). The average Bonchev–Trinajstić information content (AvgIpc) is 2.73. The fourth-order valence-corrected chi connectivity index (χ4v) is 3.37. The van der Waals surface area contributed by atoms with Gasteiger partial charge in [-0.15, -0.1) is 0 Å². The zero-order valence-electron chi connectivity index (χ0n) is 17.2. The number of unbranched alkanes of at least 4 members (excludes halogenated alkanes) is 1. The summed E-state index contributed by atoms with van der Waals surface area (Å²) in [4.78, 5) is 25.1. The summed E-state index contributed by atoms with van der Waals surface area (Å²) in [6, 6.07) is 8.41. The number of nitrogens with zero attached hydrogens (tertiary/aromatic N) is 4. The summed E-state index contributed by atoms with van der Waals surface area (Å²) in [5.74, 6) is 1.37. The van der Waals surface area contributed by atoms with Crippen molar-refractivity contribution < 1.29 is 4.79 Å². The van der Waals surface area contributed by atoms with Crippen molar-refractivity contribution in [2.75, 3.05) is 36.9 Å². The number of aromatic nitrogens is 2. The van der Waals surface area contributed by atoms with Crippen LogP contribution in [-0.4, -0.2) is 47.5 Å². The smallest absolute Gasteiger partial charge is 0.273 e. The SMILES string of the molecule is CCCCN(C)C(=O)c1cnc(Nc2ccc(N3CCC(C)CC3)cc2)cn1. The molecular formula is C22H31N5O. The van der Waals surface area contributed by atoms with E-state index < -0.39 is 0 Å². The Bertz CT molecular complexity index is 752. The molecular weight excluding hydrogens is 350 g/mol. The first-order chi connectivity index (χ1) is 13.6. The van der Waals surface area contributed by atoms with E-state index in [1.165, 1.54) is 24.7 Å². The number of benzene rings is 1. The first-order valence-electron chi connectivity index (χ1n) is 10.3. The highest BCUT2D eigenvalue weighted by atomic mass is 16.2. The van der Waals surface area contributed by atoms with Gasteiger partial charge in [0.1, 0.15) is 11.5 Å². The second-order valence-electron chi connectivity index (χ2n) is 7.71.